The largest absolute Gasteiger partial charge is 0.494 e. The topological polar surface area (TPSA) is 50.4 Å². The molecule has 0 saturated carbocycles. The van der Waals surface area contributed by atoms with E-state index < -0.39 is 0 Å². The third kappa shape index (κ3) is 4.24. The van der Waals surface area contributed by atoms with Crippen LogP contribution in [0.4, 0.5) is 0 Å². The van der Waals surface area contributed by atoms with Crippen molar-refractivity contribution in [3.63, 3.8) is 0 Å². The first-order valence-electron chi connectivity index (χ1n) is 7.04. The molecule has 1 aliphatic rings. The summed E-state index contributed by atoms with van der Waals surface area (Å²) in [7, 11) is 0. The van der Waals surface area contributed by atoms with Crippen molar-refractivity contribution in [2.24, 2.45) is 0 Å². The van der Waals surface area contributed by atoms with Crippen molar-refractivity contribution in [1.29, 1.82) is 0 Å². The van der Waals surface area contributed by atoms with Crippen molar-refractivity contribution in [3.8, 4) is 5.75 Å². The van der Waals surface area contributed by atoms with Gasteiger partial charge >= 0.3 is 0 Å². The van der Waals surface area contributed by atoms with Crippen LogP contribution in [0.2, 0.25) is 0 Å². The summed E-state index contributed by atoms with van der Waals surface area (Å²) >= 11 is 0. The van der Waals surface area contributed by atoms with Crippen LogP contribution in [0.5, 0.6) is 5.75 Å². The molecule has 0 aromatic heterocycles. The van der Waals surface area contributed by atoms with Gasteiger partial charge in [0.1, 0.15) is 5.75 Å². The third-order valence-corrected chi connectivity index (χ3v) is 3.20. The van der Waals surface area contributed by atoms with E-state index in [9.17, 15) is 4.79 Å². The van der Waals surface area contributed by atoms with Gasteiger partial charge < -0.3 is 15.4 Å². The number of ether oxygens (including phenoxy) is 1. The van der Waals surface area contributed by atoms with Gasteiger partial charge in [0.2, 0.25) is 0 Å². The van der Waals surface area contributed by atoms with Crippen LogP contribution in [-0.2, 0) is 0 Å². The zero-order chi connectivity index (χ0) is 13.5. The number of carbonyl (C=O) groups is 1. The summed E-state index contributed by atoms with van der Waals surface area (Å²) in [6.07, 6.45) is 3.12. The number of carbonyl (C=O) groups excluding carboxylic acids is 1. The lowest BCUT2D eigenvalue weighted by Gasteiger charge is -2.23. The van der Waals surface area contributed by atoms with Crippen LogP contribution in [0.15, 0.2) is 24.3 Å². The zero-order valence-electron chi connectivity index (χ0n) is 11.4. The van der Waals surface area contributed by atoms with Gasteiger partial charge in [-0.1, -0.05) is 13.0 Å². The lowest BCUT2D eigenvalue weighted by molar-refractivity contribution is 0.0930. The van der Waals surface area contributed by atoms with E-state index in [0.717, 1.165) is 38.1 Å². The fourth-order valence-corrected chi connectivity index (χ4v) is 2.19. The number of nitrogens with one attached hydrogen (secondary N) is 2. The Hall–Kier alpha value is -1.55. The van der Waals surface area contributed by atoms with E-state index in [2.05, 4.69) is 17.6 Å². The van der Waals surface area contributed by atoms with Crippen LogP contribution in [0.1, 0.15) is 36.5 Å². The van der Waals surface area contributed by atoms with Crippen molar-refractivity contribution in [3.05, 3.63) is 29.8 Å². The highest BCUT2D eigenvalue weighted by Gasteiger charge is 2.16. The Morgan fingerprint density at radius 2 is 2.42 bits per heavy atom. The fraction of sp³-hybridized carbons (Fsp3) is 0.533. The summed E-state index contributed by atoms with van der Waals surface area (Å²) in [4.78, 5) is 12.1. The number of hydrogen-bond acceptors (Lipinski definition) is 3. The summed E-state index contributed by atoms with van der Waals surface area (Å²) in [5.41, 5.74) is 0.666. The molecule has 0 spiro atoms. The number of amides is 1. The lowest BCUT2D eigenvalue weighted by Crippen LogP contribution is -2.45. The summed E-state index contributed by atoms with van der Waals surface area (Å²) in [6, 6.07) is 7.61. The van der Waals surface area contributed by atoms with Gasteiger partial charge in [-0.05, 0) is 44.0 Å². The normalized spacial score (nSPS) is 18.9. The van der Waals surface area contributed by atoms with Gasteiger partial charge in [-0.2, -0.15) is 0 Å². The average molecular weight is 262 g/mol. The predicted molar refractivity (Wildman–Crippen MR) is 75.6 cm³/mol. The highest BCUT2D eigenvalue weighted by Crippen LogP contribution is 2.14. The monoisotopic (exact) mass is 262 g/mol. The van der Waals surface area contributed by atoms with Crippen LogP contribution in [0.25, 0.3) is 0 Å². The van der Waals surface area contributed by atoms with Crippen molar-refractivity contribution in [2.45, 2.75) is 32.2 Å². The van der Waals surface area contributed by atoms with Crippen LogP contribution >= 0.6 is 0 Å². The molecule has 0 aliphatic carbocycles. The van der Waals surface area contributed by atoms with Gasteiger partial charge in [0, 0.05) is 18.2 Å². The maximum atomic E-state index is 12.1. The Bertz CT molecular complexity index is 414. The van der Waals surface area contributed by atoms with E-state index in [1.165, 1.54) is 0 Å². The molecule has 0 radical (unpaired) electrons. The molecule has 1 aromatic carbocycles. The van der Waals surface area contributed by atoms with Gasteiger partial charge in [-0.15, -0.1) is 0 Å². The molecule has 1 heterocycles. The molecule has 104 valence electrons. The van der Waals surface area contributed by atoms with Crippen molar-refractivity contribution in [2.75, 3.05) is 19.7 Å². The summed E-state index contributed by atoms with van der Waals surface area (Å²) in [6.45, 7) is 4.65. The van der Waals surface area contributed by atoms with E-state index in [1.54, 1.807) is 6.07 Å². The molecule has 1 atom stereocenters. The quantitative estimate of drug-likeness (QED) is 0.853. The summed E-state index contributed by atoms with van der Waals surface area (Å²) < 4.78 is 5.54. The Kier molecular flexibility index (Phi) is 5.21. The first kappa shape index (κ1) is 13.9. The summed E-state index contributed by atoms with van der Waals surface area (Å²) in [5, 5.41) is 6.35. The van der Waals surface area contributed by atoms with Gasteiger partial charge in [-0.3, -0.25) is 4.79 Å². The van der Waals surface area contributed by atoms with E-state index in [1.807, 2.05) is 18.2 Å². The molecule has 1 aromatic rings. The Balaban J connectivity index is 1.93. The molecule has 4 heteroatoms. The Labute approximate surface area is 114 Å². The lowest BCUT2D eigenvalue weighted by atomic mass is 10.1. The molecule has 1 amide bonds. The average Bonchev–Trinajstić information content (AvgIpc) is 2.46. The maximum Gasteiger partial charge on any atom is 0.251 e. The molecule has 1 fully saturated rings. The predicted octanol–water partition coefficient (Wildman–Crippen LogP) is 1.96. The molecule has 0 unspecified atom stereocenters. The van der Waals surface area contributed by atoms with Gasteiger partial charge in [-0.25, -0.2) is 0 Å². The molecule has 4 nitrogen and oxygen atoms in total. The van der Waals surface area contributed by atoms with E-state index >= 15 is 0 Å². The van der Waals surface area contributed by atoms with Gasteiger partial charge in [0.15, 0.2) is 0 Å². The van der Waals surface area contributed by atoms with Gasteiger partial charge in [0.05, 0.1) is 6.61 Å². The second-order valence-electron chi connectivity index (χ2n) is 4.89. The molecule has 2 rings (SSSR count). The molecular formula is C15H22N2O2. The number of hydrogen-bond donors (Lipinski definition) is 2. The summed E-state index contributed by atoms with van der Waals surface area (Å²) in [5.74, 6) is 0.743. The van der Waals surface area contributed by atoms with Crippen LogP contribution in [-0.4, -0.2) is 31.6 Å². The SMILES string of the molecule is CCCOc1cccc(C(=O)N[C@H]2CCCNC2)c1. The smallest absolute Gasteiger partial charge is 0.251 e. The number of piperidine rings is 1. The highest BCUT2D eigenvalue weighted by atomic mass is 16.5. The first-order valence-corrected chi connectivity index (χ1v) is 7.04. The first-order chi connectivity index (χ1) is 9.29. The molecule has 2 N–H and O–H groups in total. The Morgan fingerprint density at radius 1 is 1.53 bits per heavy atom. The number of rotatable bonds is 5. The molecule has 19 heavy (non-hydrogen) atoms. The molecular weight excluding hydrogens is 240 g/mol. The van der Waals surface area contributed by atoms with Crippen molar-refractivity contribution in [1.82, 2.24) is 10.6 Å². The fourth-order valence-electron chi connectivity index (χ4n) is 2.19. The second kappa shape index (κ2) is 7.14. The van der Waals surface area contributed by atoms with Crippen molar-refractivity contribution < 1.29 is 9.53 Å². The van der Waals surface area contributed by atoms with Gasteiger partial charge in [0.25, 0.3) is 5.91 Å². The van der Waals surface area contributed by atoms with Crippen LogP contribution in [0, 0.1) is 0 Å². The Morgan fingerprint density at radius 3 is 3.16 bits per heavy atom. The zero-order valence-corrected chi connectivity index (χ0v) is 11.4. The minimum Gasteiger partial charge on any atom is -0.494 e. The molecule has 1 saturated heterocycles. The van der Waals surface area contributed by atoms with Crippen LogP contribution in [0.3, 0.4) is 0 Å². The molecule has 1 aliphatic heterocycles. The molecule has 0 bridgehead atoms. The maximum absolute atomic E-state index is 12.1. The number of benzene rings is 1. The van der Waals surface area contributed by atoms with Crippen LogP contribution < -0.4 is 15.4 Å². The highest BCUT2D eigenvalue weighted by molar-refractivity contribution is 5.94. The van der Waals surface area contributed by atoms with E-state index in [0.29, 0.717) is 12.2 Å². The van der Waals surface area contributed by atoms with Crippen molar-refractivity contribution >= 4 is 5.91 Å². The third-order valence-electron chi connectivity index (χ3n) is 3.20. The van der Waals surface area contributed by atoms with E-state index in [4.69, 9.17) is 4.74 Å². The van der Waals surface area contributed by atoms with E-state index in [-0.39, 0.29) is 11.9 Å². The minimum atomic E-state index is -0.0179. The second-order valence-corrected chi connectivity index (χ2v) is 4.89. The minimum absolute atomic E-state index is 0.0179. The standard InChI is InChI=1S/C15H22N2O2/c1-2-9-19-14-7-3-5-12(10-14)15(18)17-13-6-4-8-16-11-13/h3,5,7,10,13,16H,2,4,6,8-9,11H2,1H3,(H,17,18)/t13-/m0/s1.